The number of nitrogens with one attached hydrogen (secondary N) is 1. The Labute approximate surface area is 193 Å². The number of benzene rings is 4. The summed E-state index contributed by atoms with van der Waals surface area (Å²) < 4.78 is 11.6. The van der Waals surface area contributed by atoms with Crippen LogP contribution in [0.3, 0.4) is 0 Å². The molecule has 1 aliphatic heterocycles. The number of hydrogen-bond acceptors (Lipinski definition) is 5. The van der Waals surface area contributed by atoms with Crippen molar-refractivity contribution in [2.24, 2.45) is 10.1 Å². The van der Waals surface area contributed by atoms with Gasteiger partial charge >= 0.3 is 0 Å². The molecule has 0 aliphatic carbocycles. The molecule has 1 heterocycles. The van der Waals surface area contributed by atoms with Crippen LogP contribution in [0, 0.1) is 0 Å². The van der Waals surface area contributed by atoms with Gasteiger partial charge in [-0.2, -0.15) is 5.10 Å². The largest absolute Gasteiger partial charge is 0.490 e. The summed E-state index contributed by atoms with van der Waals surface area (Å²) in [6.45, 7) is 5.06. The molecule has 4 aromatic rings. The van der Waals surface area contributed by atoms with Gasteiger partial charge in [-0.25, -0.2) is 4.99 Å². The second kappa shape index (κ2) is 9.17. The topological polar surface area (TPSA) is 55.2 Å². The minimum absolute atomic E-state index is 0.552. The number of hydrazone groups is 1. The van der Waals surface area contributed by atoms with Gasteiger partial charge in [-0.1, -0.05) is 60.7 Å². The molecule has 1 aliphatic rings. The monoisotopic (exact) mass is 435 g/mol. The first-order chi connectivity index (χ1) is 16.3. The van der Waals surface area contributed by atoms with E-state index in [0.29, 0.717) is 24.8 Å². The van der Waals surface area contributed by atoms with Crippen molar-refractivity contribution in [3.63, 3.8) is 0 Å². The molecule has 0 spiro atoms. The van der Waals surface area contributed by atoms with Crippen molar-refractivity contribution in [3.05, 3.63) is 102 Å². The van der Waals surface area contributed by atoms with E-state index < -0.39 is 0 Å². The van der Waals surface area contributed by atoms with Crippen molar-refractivity contribution >= 4 is 28.0 Å². The normalized spacial score (nSPS) is 12.8. The molecule has 0 atom stereocenters. The Hall–Kier alpha value is -4.12. The predicted octanol–water partition coefficient (Wildman–Crippen LogP) is 6.07. The molecule has 1 N–H and O–H groups in total. The van der Waals surface area contributed by atoms with Crippen LogP contribution >= 0.6 is 0 Å². The lowest BCUT2D eigenvalue weighted by molar-refractivity contribution is 0.287. The lowest BCUT2D eigenvalue weighted by atomic mass is 9.96. The van der Waals surface area contributed by atoms with Gasteiger partial charge in [0.15, 0.2) is 17.3 Å². The highest BCUT2D eigenvalue weighted by atomic mass is 16.5. The summed E-state index contributed by atoms with van der Waals surface area (Å²) in [7, 11) is 0. The zero-order valence-electron chi connectivity index (χ0n) is 18.7. The highest BCUT2D eigenvalue weighted by Crippen LogP contribution is 2.36. The lowest BCUT2D eigenvalue weighted by Gasteiger charge is -2.14. The molecule has 0 saturated carbocycles. The fourth-order valence-electron chi connectivity index (χ4n) is 4.02. The second-order valence-electron chi connectivity index (χ2n) is 7.61. The maximum Gasteiger partial charge on any atom is 0.161 e. The van der Waals surface area contributed by atoms with E-state index in [4.69, 9.17) is 19.6 Å². The second-order valence-corrected chi connectivity index (χ2v) is 7.61. The van der Waals surface area contributed by atoms with E-state index in [-0.39, 0.29) is 0 Å². The summed E-state index contributed by atoms with van der Waals surface area (Å²) in [5.74, 6) is 2.14. The van der Waals surface area contributed by atoms with Crippen LogP contribution in [0.15, 0.2) is 95.0 Å². The van der Waals surface area contributed by atoms with E-state index in [1.807, 2.05) is 74.5 Å². The fourth-order valence-corrected chi connectivity index (χ4v) is 4.02. The Kier molecular flexibility index (Phi) is 5.77. The highest BCUT2D eigenvalue weighted by Gasteiger charge is 2.20. The van der Waals surface area contributed by atoms with Gasteiger partial charge in [0.2, 0.25) is 0 Å². The summed E-state index contributed by atoms with van der Waals surface area (Å²) in [5.41, 5.74) is 7.77. The molecule has 33 heavy (non-hydrogen) atoms. The highest BCUT2D eigenvalue weighted by molar-refractivity contribution is 6.21. The molecule has 0 fully saturated rings. The molecular weight excluding hydrogens is 410 g/mol. The molecule has 5 nitrogen and oxygen atoms in total. The van der Waals surface area contributed by atoms with E-state index in [2.05, 4.69) is 29.7 Å². The molecule has 5 rings (SSSR count). The Morgan fingerprint density at radius 1 is 0.727 bits per heavy atom. The van der Waals surface area contributed by atoms with Crippen LogP contribution in [-0.4, -0.2) is 24.8 Å². The van der Waals surface area contributed by atoms with Gasteiger partial charge in [-0.15, -0.1) is 0 Å². The van der Waals surface area contributed by atoms with Gasteiger partial charge in [0.1, 0.15) is 5.71 Å². The van der Waals surface area contributed by atoms with Crippen LogP contribution in [0.2, 0.25) is 0 Å². The zero-order chi connectivity index (χ0) is 22.6. The van der Waals surface area contributed by atoms with Crippen molar-refractivity contribution in [1.82, 2.24) is 5.43 Å². The van der Waals surface area contributed by atoms with Crippen LogP contribution < -0.4 is 14.9 Å². The molecule has 0 unspecified atom stereocenters. The van der Waals surface area contributed by atoms with E-state index in [1.165, 1.54) is 0 Å². The third kappa shape index (κ3) is 4.05. The van der Waals surface area contributed by atoms with Gasteiger partial charge in [0.25, 0.3) is 0 Å². The molecule has 4 aromatic carbocycles. The predicted molar refractivity (Wildman–Crippen MR) is 134 cm³/mol. The Morgan fingerprint density at radius 2 is 1.48 bits per heavy atom. The van der Waals surface area contributed by atoms with E-state index in [0.717, 1.165) is 44.6 Å². The maximum absolute atomic E-state index is 5.87. The first-order valence-corrected chi connectivity index (χ1v) is 11.2. The van der Waals surface area contributed by atoms with Crippen LogP contribution in [0.5, 0.6) is 11.5 Å². The fraction of sp³-hybridized carbons (Fsp3) is 0.143. The van der Waals surface area contributed by atoms with Gasteiger partial charge in [0.05, 0.1) is 18.9 Å². The standard InChI is InChI=1S/C28H25N3O2/c1-3-32-24-17-15-21(18-25(24)33-4-2)26-23-16-14-19-10-8-9-13-22(19)27(23)29-28(31-30-26)20-11-6-5-7-12-20/h5-18H,3-4H2,1-2H3,(H,29,31). The minimum Gasteiger partial charge on any atom is -0.490 e. The van der Waals surface area contributed by atoms with Gasteiger partial charge in [-0.05, 0) is 43.5 Å². The molecular formula is C28H25N3O2. The van der Waals surface area contributed by atoms with Gasteiger partial charge < -0.3 is 9.47 Å². The van der Waals surface area contributed by atoms with Crippen molar-refractivity contribution < 1.29 is 9.47 Å². The maximum atomic E-state index is 5.87. The van der Waals surface area contributed by atoms with Crippen molar-refractivity contribution in [2.45, 2.75) is 13.8 Å². The Balaban J connectivity index is 1.71. The average Bonchev–Trinajstić information content (AvgIpc) is 3.06. The van der Waals surface area contributed by atoms with Crippen molar-refractivity contribution in [1.29, 1.82) is 0 Å². The summed E-state index contributed by atoms with van der Waals surface area (Å²) in [5, 5.41) is 7.03. The molecule has 5 heteroatoms. The summed E-state index contributed by atoms with van der Waals surface area (Å²) in [6, 6.07) is 28.5. The summed E-state index contributed by atoms with van der Waals surface area (Å²) in [6.07, 6.45) is 0. The van der Waals surface area contributed by atoms with E-state index in [1.54, 1.807) is 0 Å². The third-order valence-corrected chi connectivity index (χ3v) is 5.52. The van der Waals surface area contributed by atoms with Crippen molar-refractivity contribution in [2.75, 3.05) is 13.2 Å². The molecule has 0 aromatic heterocycles. The summed E-state index contributed by atoms with van der Waals surface area (Å²) in [4.78, 5) is 5.05. The molecule has 0 bridgehead atoms. The first-order valence-electron chi connectivity index (χ1n) is 11.2. The Bertz CT molecular complexity index is 1360. The van der Waals surface area contributed by atoms with Gasteiger partial charge in [-0.3, -0.25) is 5.43 Å². The SMILES string of the molecule is CCOc1ccc(C2=NNC(c3ccccc3)=Nc3c2ccc2ccccc32)cc1OCC. The lowest BCUT2D eigenvalue weighted by Crippen LogP contribution is -2.19. The molecule has 164 valence electrons. The number of ether oxygens (including phenoxy) is 2. The number of nitrogens with zero attached hydrogens (tertiary/aromatic N) is 2. The first kappa shape index (κ1) is 20.8. The zero-order valence-corrected chi connectivity index (χ0v) is 18.7. The van der Waals surface area contributed by atoms with Gasteiger partial charge in [0, 0.05) is 22.1 Å². The van der Waals surface area contributed by atoms with E-state index in [9.17, 15) is 0 Å². The quantitative estimate of drug-likeness (QED) is 0.400. The smallest absolute Gasteiger partial charge is 0.161 e. The van der Waals surface area contributed by atoms with E-state index >= 15 is 0 Å². The number of amidine groups is 1. The summed E-state index contributed by atoms with van der Waals surface area (Å²) >= 11 is 0. The van der Waals surface area contributed by atoms with Crippen molar-refractivity contribution in [3.8, 4) is 11.5 Å². The minimum atomic E-state index is 0.552. The average molecular weight is 436 g/mol. The van der Waals surface area contributed by atoms with Crippen LogP contribution in [-0.2, 0) is 0 Å². The molecule has 0 radical (unpaired) electrons. The molecule has 0 saturated heterocycles. The third-order valence-electron chi connectivity index (χ3n) is 5.52. The van der Waals surface area contributed by atoms with Crippen LogP contribution in [0.25, 0.3) is 10.8 Å². The van der Waals surface area contributed by atoms with Crippen LogP contribution in [0.4, 0.5) is 5.69 Å². The molecule has 0 amide bonds. The van der Waals surface area contributed by atoms with Crippen LogP contribution in [0.1, 0.15) is 30.5 Å². The number of rotatable bonds is 6. The number of hydrogen-bond donors (Lipinski definition) is 1. The number of aliphatic imine (C=N–C) groups is 1. The number of fused-ring (bicyclic) bond motifs is 3. The Morgan fingerprint density at radius 3 is 2.30 bits per heavy atom.